The molecule has 1 saturated carbocycles. The van der Waals surface area contributed by atoms with Crippen molar-refractivity contribution < 1.29 is 0 Å². The van der Waals surface area contributed by atoms with Crippen molar-refractivity contribution in [3.05, 3.63) is 0 Å². The van der Waals surface area contributed by atoms with Gasteiger partial charge >= 0.3 is 0 Å². The van der Waals surface area contributed by atoms with Crippen molar-refractivity contribution in [2.45, 2.75) is 33.1 Å². The first-order chi connectivity index (χ1) is 5.79. The van der Waals surface area contributed by atoms with Gasteiger partial charge in [0, 0.05) is 0 Å². The Morgan fingerprint density at radius 3 is 2.58 bits per heavy atom. The molecule has 2 aliphatic rings. The molecular weight excluding hydrogens is 146 g/mol. The molecule has 0 radical (unpaired) electrons. The fourth-order valence-corrected chi connectivity index (χ4v) is 3.44. The second kappa shape index (κ2) is 3.37. The standard InChI is InChI=1S/C11H21N/c1-8(2)11-9-3-4-10(11)7-12-6-5-9/h8-12H,3-7H2,1-2H3. The molecule has 1 saturated heterocycles. The highest BCUT2D eigenvalue weighted by Gasteiger charge is 2.38. The molecule has 1 heterocycles. The lowest BCUT2D eigenvalue weighted by Gasteiger charge is -2.25. The van der Waals surface area contributed by atoms with E-state index in [1.165, 1.54) is 32.4 Å². The molecule has 0 spiro atoms. The van der Waals surface area contributed by atoms with Crippen LogP contribution in [0.2, 0.25) is 0 Å². The van der Waals surface area contributed by atoms with Gasteiger partial charge in [-0.2, -0.15) is 0 Å². The molecule has 0 amide bonds. The maximum absolute atomic E-state index is 3.56. The molecule has 1 aliphatic carbocycles. The summed E-state index contributed by atoms with van der Waals surface area (Å²) in [4.78, 5) is 0. The second-order valence-corrected chi connectivity index (χ2v) is 4.91. The molecule has 3 unspecified atom stereocenters. The second-order valence-electron chi connectivity index (χ2n) is 4.91. The lowest BCUT2D eigenvalue weighted by atomic mass is 9.80. The molecule has 0 aromatic carbocycles. The van der Waals surface area contributed by atoms with Gasteiger partial charge in [0.1, 0.15) is 0 Å². The van der Waals surface area contributed by atoms with E-state index in [0.29, 0.717) is 0 Å². The number of rotatable bonds is 1. The van der Waals surface area contributed by atoms with E-state index in [4.69, 9.17) is 0 Å². The zero-order valence-electron chi connectivity index (χ0n) is 8.34. The van der Waals surface area contributed by atoms with E-state index in [9.17, 15) is 0 Å². The van der Waals surface area contributed by atoms with E-state index in [0.717, 1.165) is 23.7 Å². The predicted octanol–water partition coefficient (Wildman–Crippen LogP) is 2.28. The number of fused-ring (bicyclic) bond motifs is 2. The Labute approximate surface area is 75.9 Å². The van der Waals surface area contributed by atoms with Crippen LogP contribution >= 0.6 is 0 Å². The molecule has 2 fully saturated rings. The third kappa shape index (κ3) is 1.39. The van der Waals surface area contributed by atoms with E-state index in [-0.39, 0.29) is 0 Å². The molecule has 1 N–H and O–H groups in total. The summed E-state index contributed by atoms with van der Waals surface area (Å²) in [5, 5.41) is 3.56. The Hall–Kier alpha value is -0.0400. The number of hydrogen-bond acceptors (Lipinski definition) is 1. The number of hydrogen-bond donors (Lipinski definition) is 1. The molecule has 1 aliphatic heterocycles. The Kier molecular flexibility index (Phi) is 2.40. The SMILES string of the molecule is CC(C)C1C2CCNCC1CC2. The van der Waals surface area contributed by atoms with Gasteiger partial charge in [-0.05, 0) is 56.0 Å². The fourth-order valence-electron chi connectivity index (χ4n) is 3.44. The molecule has 3 atom stereocenters. The van der Waals surface area contributed by atoms with Gasteiger partial charge in [0.25, 0.3) is 0 Å². The van der Waals surface area contributed by atoms with Crippen molar-refractivity contribution >= 4 is 0 Å². The van der Waals surface area contributed by atoms with Crippen molar-refractivity contribution in [2.24, 2.45) is 23.7 Å². The van der Waals surface area contributed by atoms with E-state index >= 15 is 0 Å². The van der Waals surface area contributed by atoms with Gasteiger partial charge in [0.15, 0.2) is 0 Å². The third-order valence-corrected chi connectivity index (χ3v) is 3.87. The highest BCUT2D eigenvalue weighted by Crippen LogP contribution is 2.43. The highest BCUT2D eigenvalue weighted by atomic mass is 14.9. The summed E-state index contributed by atoms with van der Waals surface area (Å²) in [5.74, 6) is 3.98. The smallest absolute Gasteiger partial charge is 0.00177 e. The monoisotopic (exact) mass is 167 g/mol. The maximum Gasteiger partial charge on any atom is -0.00177 e. The topological polar surface area (TPSA) is 12.0 Å². The molecule has 2 rings (SSSR count). The van der Waals surface area contributed by atoms with Crippen LogP contribution in [0.3, 0.4) is 0 Å². The Bertz CT molecular complexity index is 139. The van der Waals surface area contributed by atoms with Crippen LogP contribution in [0.15, 0.2) is 0 Å². The average molecular weight is 167 g/mol. The minimum atomic E-state index is 0.905. The van der Waals surface area contributed by atoms with Crippen molar-refractivity contribution in [2.75, 3.05) is 13.1 Å². The van der Waals surface area contributed by atoms with Crippen LogP contribution in [0.1, 0.15) is 33.1 Å². The first kappa shape index (κ1) is 8.55. The van der Waals surface area contributed by atoms with Crippen LogP contribution in [0.4, 0.5) is 0 Å². The molecular formula is C11H21N. The van der Waals surface area contributed by atoms with Gasteiger partial charge in [-0.3, -0.25) is 0 Å². The summed E-state index contributed by atoms with van der Waals surface area (Å²) >= 11 is 0. The summed E-state index contributed by atoms with van der Waals surface area (Å²) in [7, 11) is 0. The van der Waals surface area contributed by atoms with Gasteiger partial charge in [-0.15, -0.1) is 0 Å². The van der Waals surface area contributed by atoms with Crippen molar-refractivity contribution in [1.29, 1.82) is 0 Å². The predicted molar refractivity (Wildman–Crippen MR) is 52.0 cm³/mol. The summed E-state index contributed by atoms with van der Waals surface area (Å²) in [6.45, 7) is 7.37. The van der Waals surface area contributed by atoms with Crippen LogP contribution < -0.4 is 5.32 Å². The van der Waals surface area contributed by atoms with Crippen molar-refractivity contribution in [3.63, 3.8) is 0 Å². The zero-order valence-corrected chi connectivity index (χ0v) is 8.34. The fraction of sp³-hybridized carbons (Fsp3) is 1.00. The molecule has 70 valence electrons. The van der Waals surface area contributed by atoms with E-state index in [1.54, 1.807) is 0 Å². The Balaban J connectivity index is 2.09. The first-order valence-corrected chi connectivity index (χ1v) is 5.49. The van der Waals surface area contributed by atoms with Crippen molar-refractivity contribution in [1.82, 2.24) is 5.32 Å². The molecule has 0 aromatic heterocycles. The quantitative estimate of drug-likeness (QED) is 0.632. The van der Waals surface area contributed by atoms with Crippen LogP contribution in [0.25, 0.3) is 0 Å². The van der Waals surface area contributed by atoms with Gasteiger partial charge < -0.3 is 5.32 Å². The van der Waals surface area contributed by atoms with E-state index in [2.05, 4.69) is 19.2 Å². The zero-order chi connectivity index (χ0) is 8.55. The summed E-state index contributed by atoms with van der Waals surface area (Å²) in [6, 6.07) is 0. The molecule has 12 heavy (non-hydrogen) atoms. The summed E-state index contributed by atoms with van der Waals surface area (Å²) in [5.41, 5.74) is 0. The van der Waals surface area contributed by atoms with E-state index < -0.39 is 0 Å². The largest absolute Gasteiger partial charge is 0.316 e. The number of nitrogens with one attached hydrogen (secondary N) is 1. The molecule has 1 nitrogen and oxygen atoms in total. The maximum atomic E-state index is 3.56. The van der Waals surface area contributed by atoms with Gasteiger partial charge in [0.05, 0.1) is 0 Å². The van der Waals surface area contributed by atoms with Crippen LogP contribution in [0.5, 0.6) is 0 Å². The average Bonchev–Trinajstić information content (AvgIpc) is 2.24. The highest BCUT2D eigenvalue weighted by molar-refractivity contribution is 4.90. The Morgan fingerprint density at radius 1 is 1.08 bits per heavy atom. The first-order valence-electron chi connectivity index (χ1n) is 5.49. The van der Waals surface area contributed by atoms with Crippen LogP contribution in [-0.4, -0.2) is 13.1 Å². The normalized spacial score (nSPS) is 41.8. The van der Waals surface area contributed by atoms with Crippen LogP contribution in [0, 0.1) is 23.7 Å². The summed E-state index contributed by atoms with van der Waals surface area (Å²) in [6.07, 6.45) is 4.43. The summed E-state index contributed by atoms with van der Waals surface area (Å²) < 4.78 is 0. The van der Waals surface area contributed by atoms with Gasteiger partial charge in [0.2, 0.25) is 0 Å². The molecule has 0 aromatic rings. The van der Waals surface area contributed by atoms with Gasteiger partial charge in [-0.1, -0.05) is 13.8 Å². The lowest BCUT2D eigenvalue weighted by Crippen LogP contribution is -2.25. The van der Waals surface area contributed by atoms with Gasteiger partial charge in [-0.25, -0.2) is 0 Å². The molecule has 1 heteroatoms. The van der Waals surface area contributed by atoms with E-state index in [1.807, 2.05) is 0 Å². The van der Waals surface area contributed by atoms with Crippen molar-refractivity contribution in [3.8, 4) is 0 Å². The third-order valence-electron chi connectivity index (χ3n) is 3.87. The molecule has 2 bridgehead atoms. The van der Waals surface area contributed by atoms with Crippen LogP contribution in [-0.2, 0) is 0 Å². The minimum absolute atomic E-state index is 0.905. The Morgan fingerprint density at radius 2 is 1.83 bits per heavy atom. The lowest BCUT2D eigenvalue weighted by molar-refractivity contribution is 0.242. The minimum Gasteiger partial charge on any atom is -0.316 e.